The first-order chi connectivity index (χ1) is 11.9. The molecule has 3 N–H and O–H groups in total. The minimum absolute atomic E-state index is 0.125. The minimum Gasteiger partial charge on any atom is -0.397 e. The molecule has 4 nitrogen and oxygen atoms in total. The molecule has 0 saturated heterocycles. The number of nitrogens with one attached hydrogen (secondary N) is 1. The lowest BCUT2D eigenvalue weighted by Gasteiger charge is -2.13. The number of benzene rings is 2. The summed E-state index contributed by atoms with van der Waals surface area (Å²) in [6.45, 7) is 4.99. The van der Waals surface area contributed by atoms with Crippen molar-refractivity contribution < 1.29 is 4.79 Å². The molecule has 0 saturated carbocycles. The van der Waals surface area contributed by atoms with Crippen LogP contribution in [0.25, 0.3) is 5.70 Å². The van der Waals surface area contributed by atoms with Crippen molar-refractivity contribution in [1.29, 1.82) is 0 Å². The van der Waals surface area contributed by atoms with E-state index in [1.165, 1.54) is 27.8 Å². The van der Waals surface area contributed by atoms with E-state index in [1.807, 2.05) is 26.2 Å². The van der Waals surface area contributed by atoms with Gasteiger partial charge in [0.05, 0.1) is 5.70 Å². The maximum absolute atomic E-state index is 12.3. The largest absolute Gasteiger partial charge is 0.397 e. The highest BCUT2D eigenvalue weighted by atomic mass is 16.2. The molecule has 1 aliphatic rings. The van der Waals surface area contributed by atoms with Crippen molar-refractivity contribution >= 4 is 11.6 Å². The van der Waals surface area contributed by atoms with Gasteiger partial charge >= 0.3 is 0 Å². The smallest absolute Gasteiger partial charge is 0.254 e. The second kappa shape index (κ2) is 6.63. The number of nitrogens with two attached hydrogens (primary N) is 1. The molecule has 3 rings (SSSR count). The summed E-state index contributed by atoms with van der Waals surface area (Å²) in [6, 6.07) is 10.3. The van der Waals surface area contributed by atoms with Crippen LogP contribution in [0.1, 0.15) is 43.7 Å². The number of nitrogens with zero attached hydrogens (tertiary/aromatic N) is 1. The van der Waals surface area contributed by atoms with E-state index in [2.05, 4.69) is 37.4 Å². The number of fused-ring (bicyclic) bond motifs is 1. The Hall–Kier alpha value is -2.75. The van der Waals surface area contributed by atoms with Crippen molar-refractivity contribution in [2.45, 2.75) is 26.8 Å². The highest BCUT2D eigenvalue weighted by Gasteiger charge is 2.27. The van der Waals surface area contributed by atoms with Crippen molar-refractivity contribution in [2.75, 3.05) is 14.1 Å². The van der Waals surface area contributed by atoms with Gasteiger partial charge in [-0.2, -0.15) is 0 Å². The Morgan fingerprint density at radius 3 is 2.56 bits per heavy atom. The normalized spacial score (nSPS) is 14.0. The van der Waals surface area contributed by atoms with Gasteiger partial charge in [0.15, 0.2) is 0 Å². The van der Waals surface area contributed by atoms with E-state index in [4.69, 9.17) is 5.73 Å². The van der Waals surface area contributed by atoms with Gasteiger partial charge in [0, 0.05) is 32.4 Å². The van der Waals surface area contributed by atoms with Crippen LogP contribution in [0.4, 0.5) is 0 Å². The van der Waals surface area contributed by atoms with Gasteiger partial charge in [-0.25, -0.2) is 0 Å². The summed E-state index contributed by atoms with van der Waals surface area (Å²) in [5.74, 6) is 0.125. The number of carbonyl (C=O) groups is 1. The van der Waals surface area contributed by atoms with E-state index in [-0.39, 0.29) is 5.91 Å². The SMILES string of the molecule is CN/C=C(\N)c1ccc(Cc2cc3c(c(C)c2C)CN(C)C3=O)cc1. The molecule has 25 heavy (non-hydrogen) atoms. The molecule has 1 aliphatic heterocycles. The zero-order chi connectivity index (χ0) is 18.1. The van der Waals surface area contributed by atoms with Gasteiger partial charge in [0.1, 0.15) is 0 Å². The zero-order valence-electron chi connectivity index (χ0n) is 15.3. The van der Waals surface area contributed by atoms with E-state index in [0.29, 0.717) is 12.2 Å². The fourth-order valence-electron chi connectivity index (χ4n) is 3.41. The van der Waals surface area contributed by atoms with Crippen molar-refractivity contribution in [3.05, 3.63) is 75.5 Å². The monoisotopic (exact) mass is 335 g/mol. The van der Waals surface area contributed by atoms with Crippen LogP contribution in [-0.4, -0.2) is 24.9 Å². The first-order valence-corrected chi connectivity index (χ1v) is 8.52. The van der Waals surface area contributed by atoms with Gasteiger partial charge in [0.25, 0.3) is 5.91 Å². The van der Waals surface area contributed by atoms with Crippen molar-refractivity contribution in [2.24, 2.45) is 5.73 Å². The maximum Gasteiger partial charge on any atom is 0.254 e. The number of hydrogen-bond acceptors (Lipinski definition) is 3. The summed E-state index contributed by atoms with van der Waals surface area (Å²) in [5.41, 5.74) is 14.7. The van der Waals surface area contributed by atoms with Crippen molar-refractivity contribution in [3.8, 4) is 0 Å². The lowest BCUT2D eigenvalue weighted by atomic mass is 9.91. The Bertz CT molecular complexity index is 850. The van der Waals surface area contributed by atoms with E-state index >= 15 is 0 Å². The Morgan fingerprint density at radius 1 is 1.24 bits per heavy atom. The molecule has 0 aliphatic carbocycles. The fraction of sp³-hybridized carbons (Fsp3) is 0.286. The van der Waals surface area contributed by atoms with Crippen LogP contribution in [0.15, 0.2) is 36.5 Å². The van der Waals surface area contributed by atoms with Gasteiger partial charge in [-0.3, -0.25) is 4.79 Å². The fourth-order valence-corrected chi connectivity index (χ4v) is 3.41. The quantitative estimate of drug-likeness (QED) is 0.903. The first-order valence-electron chi connectivity index (χ1n) is 8.52. The average molecular weight is 335 g/mol. The summed E-state index contributed by atoms with van der Waals surface area (Å²) in [7, 11) is 3.69. The second-order valence-corrected chi connectivity index (χ2v) is 6.74. The molecule has 0 atom stereocenters. The number of rotatable bonds is 4. The van der Waals surface area contributed by atoms with Crippen LogP contribution in [0.2, 0.25) is 0 Å². The van der Waals surface area contributed by atoms with E-state index < -0.39 is 0 Å². The molecule has 130 valence electrons. The summed E-state index contributed by atoms with van der Waals surface area (Å²) < 4.78 is 0. The molecular formula is C21H25N3O. The van der Waals surface area contributed by atoms with E-state index in [9.17, 15) is 4.79 Å². The average Bonchev–Trinajstić information content (AvgIpc) is 2.88. The lowest BCUT2D eigenvalue weighted by Crippen LogP contribution is -2.17. The Kier molecular flexibility index (Phi) is 4.53. The summed E-state index contributed by atoms with van der Waals surface area (Å²) >= 11 is 0. The zero-order valence-corrected chi connectivity index (χ0v) is 15.3. The molecule has 0 aromatic heterocycles. The topological polar surface area (TPSA) is 58.4 Å². The van der Waals surface area contributed by atoms with Crippen LogP contribution in [0.5, 0.6) is 0 Å². The van der Waals surface area contributed by atoms with Gasteiger partial charge in [-0.15, -0.1) is 0 Å². The van der Waals surface area contributed by atoms with E-state index in [1.54, 1.807) is 11.1 Å². The molecule has 0 unspecified atom stereocenters. The van der Waals surface area contributed by atoms with Gasteiger partial charge in [-0.1, -0.05) is 24.3 Å². The van der Waals surface area contributed by atoms with Crippen LogP contribution in [0, 0.1) is 13.8 Å². The van der Waals surface area contributed by atoms with E-state index in [0.717, 1.165) is 17.5 Å². The third-order valence-electron chi connectivity index (χ3n) is 5.09. The summed E-state index contributed by atoms with van der Waals surface area (Å²) in [5, 5.41) is 2.94. The standard InChI is InChI=1S/C21H25N3O/c1-13-14(2)19-12-24(4)21(25)18(19)10-17(13)9-15-5-7-16(8-6-15)20(22)11-23-3/h5-8,10-11,23H,9,12,22H2,1-4H3/b20-11-. The van der Waals surface area contributed by atoms with Gasteiger partial charge in [-0.05, 0) is 59.7 Å². The Balaban J connectivity index is 1.90. The maximum atomic E-state index is 12.3. The van der Waals surface area contributed by atoms with Gasteiger partial charge < -0.3 is 16.0 Å². The number of amides is 1. The second-order valence-electron chi connectivity index (χ2n) is 6.74. The lowest BCUT2D eigenvalue weighted by molar-refractivity contribution is 0.0816. The third-order valence-corrected chi connectivity index (χ3v) is 5.09. The third kappa shape index (κ3) is 3.12. The van der Waals surface area contributed by atoms with Crippen molar-refractivity contribution in [1.82, 2.24) is 10.2 Å². The number of hydrogen-bond donors (Lipinski definition) is 2. The van der Waals surface area contributed by atoms with Gasteiger partial charge in [0.2, 0.25) is 0 Å². The molecule has 0 fully saturated rings. The number of carbonyl (C=O) groups excluding carboxylic acids is 1. The summed E-state index contributed by atoms with van der Waals surface area (Å²) in [6.07, 6.45) is 2.60. The van der Waals surface area contributed by atoms with Crippen LogP contribution < -0.4 is 11.1 Å². The molecule has 0 spiro atoms. The summed E-state index contributed by atoms with van der Waals surface area (Å²) in [4.78, 5) is 14.1. The van der Waals surface area contributed by atoms with Crippen molar-refractivity contribution in [3.63, 3.8) is 0 Å². The highest BCUT2D eigenvalue weighted by Crippen LogP contribution is 2.30. The highest BCUT2D eigenvalue weighted by molar-refractivity contribution is 5.99. The Labute approximate surface area is 149 Å². The van der Waals surface area contributed by atoms with Crippen LogP contribution in [0.3, 0.4) is 0 Å². The molecule has 0 bridgehead atoms. The minimum atomic E-state index is 0.125. The Morgan fingerprint density at radius 2 is 1.92 bits per heavy atom. The van der Waals surface area contributed by atoms with Crippen LogP contribution in [-0.2, 0) is 13.0 Å². The molecule has 1 amide bonds. The molecule has 0 radical (unpaired) electrons. The molecule has 4 heteroatoms. The molecule has 2 aromatic rings. The first kappa shape index (κ1) is 17.1. The molecular weight excluding hydrogens is 310 g/mol. The van der Waals surface area contributed by atoms with Crippen LogP contribution >= 0.6 is 0 Å². The predicted molar refractivity (Wildman–Crippen MR) is 102 cm³/mol. The molecule has 1 heterocycles. The predicted octanol–water partition coefficient (Wildman–Crippen LogP) is 2.96. The molecule has 2 aromatic carbocycles.